The molecule has 1 unspecified atom stereocenters. The number of nitrogens with two attached hydrogens (primary N) is 1. The van der Waals surface area contributed by atoms with E-state index in [1.165, 1.54) is 11.1 Å². The Hall–Kier alpha value is -1.19. The van der Waals surface area contributed by atoms with Gasteiger partial charge in [-0.1, -0.05) is 30.7 Å². The summed E-state index contributed by atoms with van der Waals surface area (Å²) >= 11 is 1.65. The average molecular weight is 232 g/mol. The van der Waals surface area contributed by atoms with Crippen molar-refractivity contribution in [2.75, 3.05) is 0 Å². The van der Waals surface area contributed by atoms with Crippen molar-refractivity contribution in [2.24, 2.45) is 5.73 Å². The molecule has 1 aromatic heterocycles. The summed E-state index contributed by atoms with van der Waals surface area (Å²) in [5.41, 5.74) is 9.43. The Labute approximate surface area is 100 Å². The van der Waals surface area contributed by atoms with Crippen molar-refractivity contribution in [1.29, 1.82) is 0 Å². The number of benzene rings is 1. The zero-order valence-corrected chi connectivity index (χ0v) is 10.4. The number of thiazole rings is 1. The van der Waals surface area contributed by atoms with Gasteiger partial charge in [-0.2, -0.15) is 0 Å². The average Bonchev–Trinajstić information content (AvgIpc) is 2.77. The Morgan fingerprint density at radius 1 is 1.44 bits per heavy atom. The van der Waals surface area contributed by atoms with E-state index in [2.05, 4.69) is 48.5 Å². The lowest BCUT2D eigenvalue weighted by molar-refractivity contribution is 0.693. The van der Waals surface area contributed by atoms with Crippen molar-refractivity contribution in [1.82, 2.24) is 4.98 Å². The van der Waals surface area contributed by atoms with Crippen molar-refractivity contribution < 1.29 is 0 Å². The van der Waals surface area contributed by atoms with E-state index in [0.717, 1.165) is 17.1 Å². The molecule has 2 rings (SSSR count). The summed E-state index contributed by atoms with van der Waals surface area (Å²) in [6.45, 7) is 4.17. The molecule has 2 nitrogen and oxygen atoms in total. The maximum absolute atomic E-state index is 5.96. The first-order chi connectivity index (χ1) is 7.70. The van der Waals surface area contributed by atoms with Gasteiger partial charge in [-0.3, -0.25) is 0 Å². The molecule has 0 spiro atoms. The highest BCUT2D eigenvalue weighted by Gasteiger charge is 2.09. The summed E-state index contributed by atoms with van der Waals surface area (Å²) in [5, 5.41) is 3.11. The number of nitrogens with zero attached hydrogens (tertiary/aromatic N) is 1. The lowest BCUT2D eigenvalue weighted by Gasteiger charge is -2.02. The van der Waals surface area contributed by atoms with Crippen LogP contribution in [0.4, 0.5) is 0 Å². The largest absolute Gasteiger partial charge is 0.322 e. The third-order valence-electron chi connectivity index (χ3n) is 2.59. The monoisotopic (exact) mass is 232 g/mol. The van der Waals surface area contributed by atoms with Crippen LogP contribution in [0.25, 0.3) is 11.3 Å². The normalized spacial score (nSPS) is 12.7. The molecule has 0 aliphatic rings. The molecule has 0 aliphatic heterocycles. The van der Waals surface area contributed by atoms with Gasteiger partial charge >= 0.3 is 0 Å². The van der Waals surface area contributed by atoms with Gasteiger partial charge in [0.15, 0.2) is 0 Å². The SMILES string of the molecule is CCC(N)c1nc(-c2cccc(C)c2)cs1. The van der Waals surface area contributed by atoms with Crippen molar-refractivity contribution in [3.8, 4) is 11.3 Å². The quantitative estimate of drug-likeness (QED) is 0.879. The van der Waals surface area contributed by atoms with Crippen LogP contribution in [-0.2, 0) is 0 Å². The van der Waals surface area contributed by atoms with E-state index in [1.54, 1.807) is 11.3 Å². The highest BCUT2D eigenvalue weighted by molar-refractivity contribution is 7.10. The van der Waals surface area contributed by atoms with E-state index in [4.69, 9.17) is 5.73 Å². The topological polar surface area (TPSA) is 38.9 Å². The molecule has 2 aromatic rings. The van der Waals surface area contributed by atoms with Gasteiger partial charge in [0.1, 0.15) is 5.01 Å². The molecule has 16 heavy (non-hydrogen) atoms. The van der Waals surface area contributed by atoms with E-state index in [0.29, 0.717) is 0 Å². The first kappa shape index (κ1) is 11.3. The molecule has 0 saturated heterocycles. The molecule has 1 aromatic carbocycles. The zero-order valence-electron chi connectivity index (χ0n) is 9.60. The van der Waals surface area contributed by atoms with Crippen LogP contribution < -0.4 is 5.73 Å². The van der Waals surface area contributed by atoms with Crippen molar-refractivity contribution in [2.45, 2.75) is 26.3 Å². The van der Waals surface area contributed by atoms with Crippen LogP contribution in [0.15, 0.2) is 29.6 Å². The van der Waals surface area contributed by atoms with Crippen LogP contribution in [0, 0.1) is 6.92 Å². The van der Waals surface area contributed by atoms with Crippen LogP contribution in [0.1, 0.15) is 30.0 Å². The zero-order chi connectivity index (χ0) is 11.5. The van der Waals surface area contributed by atoms with E-state index >= 15 is 0 Å². The molecular weight excluding hydrogens is 216 g/mol. The molecular formula is C13H16N2S. The van der Waals surface area contributed by atoms with Gasteiger partial charge in [0.05, 0.1) is 11.7 Å². The second-order valence-electron chi connectivity index (χ2n) is 3.96. The molecule has 0 radical (unpaired) electrons. The summed E-state index contributed by atoms with van der Waals surface area (Å²) in [5.74, 6) is 0. The van der Waals surface area contributed by atoms with Gasteiger partial charge in [-0.05, 0) is 19.4 Å². The molecule has 0 bridgehead atoms. The van der Waals surface area contributed by atoms with Crippen molar-refractivity contribution in [3.05, 3.63) is 40.2 Å². The minimum Gasteiger partial charge on any atom is -0.322 e. The number of aromatic nitrogens is 1. The van der Waals surface area contributed by atoms with Gasteiger partial charge in [-0.25, -0.2) is 4.98 Å². The minimum atomic E-state index is 0.0727. The van der Waals surface area contributed by atoms with Gasteiger partial charge in [0.25, 0.3) is 0 Å². The summed E-state index contributed by atoms with van der Waals surface area (Å²) in [6.07, 6.45) is 0.931. The van der Waals surface area contributed by atoms with Crippen LogP contribution >= 0.6 is 11.3 Å². The van der Waals surface area contributed by atoms with Gasteiger partial charge in [0.2, 0.25) is 0 Å². The Morgan fingerprint density at radius 2 is 2.25 bits per heavy atom. The van der Waals surface area contributed by atoms with Crippen LogP contribution in [-0.4, -0.2) is 4.98 Å². The predicted octanol–water partition coefficient (Wildman–Crippen LogP) is 3.53. The molecule has 0 aliphatic carbocycles. The maximum Gasteiger partial charge on any atom is 0.110 e. The van der Waals surface area contributed by atoms with Gasteiger partial charge in [0, 0.05) is 10.9 Å². The summed E-state index contributed by atoms with van der Waals surface area (Å²) in [7, 11) is 0. The Kier molecular flexibility index (Phi) is 3.36. The molecule has 84 valence electrons. The number of hydrogen-bond acceptors (Lipinski definition) is 3. The van der Waals surface area contributed by atoms with Crippen molar-refractivity contribution >= 4 is 11.3 Å². The fourth-order valence-corrected chi connectivity index (χ4v) is 2.48. The van der Waals surface area contributed by atoms with Crippen LogP contribution in [0.3, 0.4) is 0 Å². The van der Waals surface area contributed by atoms with E-state index in [-0.39, 0.29) is 6.04 Å². The Bertz CT molecular complexity index is 476. The smallest absolute Gasteiger partial charge is 0.110 e. The van der Waals surface area contributed by atoms with E-state index in [9.17, 15) is 0 Å². The standard InChI is InChI=1S/C13H16N2S/c1-3-11(14)13-15-12(8-16-13)10-6-4-5-9(2)7-10/h4-8,11H,3,14H2,1-2H3. The summed E-state index contributed by atoms with van der Waals surface area (Å²) < 4.78 is 0. The van der Waals surface area contributed by atoms with E-state index < -0.39 is 0 Å². The van der Waals surface area contributed by atoms with Crippen molar-refractivity contribution in [3.63, 3.8) is 0 Å². The summed E-state index contributed by atoms with van der Waals surface area (Å²) in [4.78, 5) is 4.59. The molecule has 0 saturated carbocycles. The van der Waals surface area contributed by atoms with Gasteiger partial charge in [-0.15, -0.1) is 11.3 Å². The highest BCUT2D eigenvalue weighted by Crippen LogP contribution is 2.26. The Morgan fingerprint density at radius 3 is 2.94 bits per heavy atom. The van der Waals surface area contributed by atoms with Crippen LogP contribution in [0.5, 0.6) is 0 Å². The first-order valence-corrected chi connectivity index (χ1v) is 6.36. The molecule has 2 N–H and O–H groups in total. The second kappa shape index (κ2) is 4.76. The fourth-order valence-electron chi connectivity index (χ4n) is 1.57. The second-order valence-corrected chi connectivity index (χ2v) is 4.84. The van der Waals surface area contributed by atoms with E-state index in [1.807, 2.05) is 0 Å². The lowest BCUT2D eigenvalue weighted by Crippen LogP contribution is -2.07. The molecule has 1 heterocycles. The third-order valence-corrected chi connectivity index (χ3v) is 3.57. The minimum absolute atomic E-state index is 0.0727. The summed E-state index contributed by atoms with van der Waals surface area (Å²) in [6, 6.07) is 8.46. The predicted molar refractivity (Wildman–Crippen MR) is 69.5 cm³/mol. The number of hydrogen-bond donors (Lipinski definition) is 1. The molecule has 3 heteroatoms. The first-order valence-electron chi connectivity index (χ1n) is 5.48. The number of aryl methyl sites for hydroxylation is 1. The maximum atomic E-state index is 5.96. The molecule has 1 atom stereocenters. The lowest BCUT2D eigenvalue weighted by atomic mass is 10.1. The number of rotatable bonds is 3. The molecule has 0 fully saturated rings. The Balaban J connectivity index is 2.31. The van der Waals surface area contributed by atoms with Gasteiger partial charge < -0.3 is 5.73 Å². The van der Waals surface area contributed by atoms with Crippen LogP contribution in [0.2, 0.25) is 0 Å². The fraction of sp³-hybridized carbons (Fsp3) is 0.308. The molecule has 0 amide bonds. The third kappa shape index (κ3) is 2.31. The highest BCUT2D eigenvalue weighted by atomic mass is 32.1.